The zero-order chi connectivity index (χ0) is 15.4. The number of hydrogen-bond donors (Lipinski definition) is 0. The number of nitrogens with zero attached hydrogens (tertiary/aromatic N) is 1. The van der Waals surface area contributed by atoms with E-state index in [0.29, 0.717) is 0 Å². The minimum Gasteiger partial charge on any atom is -0.341 e. The summed E-state index contributed by atoms with van der Waals surface area (Å²) in [6.45, 7) is 7.51. The molecule has 0 N–H and O–H groups in total. The average molecular weight is 291 g/mol. The van der Waals surface area contributed by atoms with Crippen LogP contribution >= 0.6 is 0 Å². The van der Waals surface area contributed by atoms with Gasteiger partial charge in [0.2, 0.25) is 0 Å². The topological polar surface area (TPSA) is 3.24 Å². The minimum atomic E-state index is 0.919. The molecule has 2 aliphatic carbocycles. The first-order valence-corrected chi connectivity index (χ1v) is 8.44. The average Bonchev–Trinajstić information content (AvgIpc) is 2.74. The molecular weight excluding hydrogens is 266 g/mol. The molecule has 1 heteroatoms. The molecule has 3 aliphatic rings. The fourth-order valence-corrected chi connectivity index (χ4v) is 3.44. The lowest BCUT2D eigenvalue weighted by molar-refractivity contribution is 0.441. The normalized spacial score (nSPS) is 20.5. The molecule has 0 bridgehead atoms. The van der Waals surface area contributed by atoms with Gasteiger partial charge in [-0.1, -0.05) is 38.2 Å². The van der Waals surface area contributed by atoms with Crippen molar-refractivity contribution in [3.05, 3.63) is 76.9 Å². The molecule has 22 heavy (non-hydrogen) atoms. The van der Waals surface area contributed by atoms with Crippen LogP contribution in [0.4, 0.5) is 0 Å². The summed E-state index contributed by atoms with van der Waals surface area (Å²) in [6, 6.07) is 0. The van der Waals surface area contributed by atoms with E-state index in [2.05, 4.69) is 54.5 Å². The summed E-state index contributed by atoms with van der Waals surface area (Å²) in [5.74, 6) is 0. The maximum atomic E-state index is 4.37. The van der Waals surface area contributed by atoms with Gasteiger partial charge in [0.1, 0.15) is 0 Å². The van der Waals surface area contributed by atoms with Crippen LogP contribution in [0.1, 0.15) is 45.4 Å². The van der Waals surface area contributed by atoms with Crippen LogP contribution in [0, 0.1) is 0 Å². The Morgan fingerprint density at radius 3 is 3.00 bits per heavy atom. The molecule has 0 unspecified atom stereocenters. The summed E-state index contributed by atoms with van der Waals surface area (Å²) >= 11 is 0. The van der Waals surface area contributed by atoms with Gasteiger partial charge in [0.05, 0.1) is 0 Å². The van der Waals surface area contributed by atoms with Crippen LogP contribution in [-0.2, 0) is 0 Å². The molecule has 1 aliphatic heterocycles. The molecule has 114 valence electrons. The predicted molar refractivity (Wildman–Crippen MR) is 94.2 cm³/mol. The van der Waals surface area contributed by atoms with Gasteiger partial charge in [-0.2, -0.15) is 0 Å². The molecule has 3 rings (SSSR count). The van der Waals surface area contributed by atoms with Crippen LogP contribution in [0.15, 0.2) is 76.9 Å². The van der Waals surface area contributed by atoms with Crippen LogP contribution < -0.4 is 0 Å². The summed E-state index contributed by atoms with van der Waals surface area (Å²) in [7, 11) is 0. The first kappa shape index (κ1) is 14.9. The third-order valence-corrected chi connectivity index (χ3v) is 4.65. The Kier molecular flexibility index (Phi) is 4.65. The first-order valence-electron chi connectivity index (χ1n) is 8.44. The predicted octanol–water partition coefficient (Wildman–Crippen LogP) is 5.58. The molecule has 0 spiro atoms. The van der Waals surface area contributed by atoms with E-state index in [1.165, 1.54) is 35.4 Å². The van der Waals surface area contributed by atoms with Gasteiger partial charge >= 0.3 is 0 Å². The Balaban J connectivity index is 2.00. The van der Waals surface area contributed by atoms with Crippen molar-refractivity contribution in [2.24, 2.45) is 0 Å². The highest BCUT2D eigenvalue weighted by molar-refractivity contribution is 5.43. The highest BCUT2D eigenvalue weighted by Gasteiger charge is 2.21. The van der Waals surface area contributed by atoms with Crippen molar-refractivity contribution in [1.82, 2.24) is 4.90 Å². The van der Waals surface area contributed by atoms with E-state index < -0.39 is 0 Å². The third-order valence-electron chi connectivity index (χ3n) is 4.65. The Morgan fingerprint density at radius 2 is 2.14 bits per heavy atom. The highest BCUT2D eigenvalue weighted by Crippen LogP contribution is 2.34. The zero-order valence-corrected chi connectivity index (χ0v) is 13.6. The molecule has 0 fully saturated rings. The van der Waals surface area contributed by atoms with Crippen molar-refractivity contribution in [1.29, 1.82) is 0 Å². The van der Waals surface area contributed by atoms with E-state index in [-0.39, 0.29) is 0 Å². The second-order valence-corrected chi connectivity index (χ2v) is 6.22. The SMILES string of the molecule is C=C(CCC)N1CC2=C(C=CC=C=C2)CCC2=C1C=CCC2. The van der Waals surface area contributed by atoms with E-state index in [1.54, 1.807) is 5.57 Å². The fraction of sp³-hybridized carbons (Fsp3) is 0.381. The number of hydrogen-bond acceptors (Lipinski definition) is 1. The number of rotatable bonds is 3. The van der Waals surface area contributed by atoms with Gasteiger partial charge in [0.15, 0.2) is 0 Å². The maximum absolute atomic E-state index is 4.37. The lowest BCUT2D eigenvalue weighted by atomic mass is 9.90. The van der Waals surface area contributed by atoms with Crippen molar-refractivity contribution in [2.75, 3.05) is 6.54 Å². The Hall–Kier alpha value is -1.98. The van der Waals surface area contributed by atoms with E-state index >= 15 is 0 Å². The van der Waals surface area contributed by atoms with E-state index in [1.807, 2.05) is 6.08 Å². The summed E-state index contributed by atoms with van der Waals surface area (Å²) in [5, 5.41) is 0. The van der Waals surface area contributed by atoms with E-state index in [9.17, 15) is 0 Å². The van der Waals surface area contributed by atoms with Gasteiger partial charge in [0.25, 0.3) is 0 Å². The molecule has 0 saturated carbocycles. The van der Waals surface area contributed by atoms with E-state index in [0.717, 1.165) is 32.2 Å². The Morgan fingerprint density at radius 1 is 1.23 bits per heavy atom. The van der Waals surface area contributed by atoms with Gasteiger partial charge in [0, 0.05) is 17.9 Å². The van der Waals surface area contributed by atoms with Crippen LogP contribution in [0.3, 0.4) is 0 Å². The van der Waals surface area contributed by atoms with Crippen molar-refractivity contribution >= 4 is 0 Å². The molecule has 1 nitrogen and oxygen atoms in total. The monoisotopic (exact) mass is 291 g/mol. The van der Waals surface area contributed by atoms with Gasteiger partial charge in [-0.3, -0.25) is 0 Å². The standard InChI is InChI=1S/C21H25N/c1-3-9-17(2)22-16-20-12-6-4-5-10-18(20)14-15-19-11-7-8-13-21(19)22/h4-5,8,10,12-13H,2-3,7,9,11,14-16H2,1H3. The van der Waals surface area contributed by atoms with Crippen molar-refractivity contribution in [2.45, 2.75) is 45.4 Å². The lowest BCUT2D eigenvalue weighted by Crippen LogP contribution is -2.27. The largest absolute Gasteiger partial charge is 0.341 e. The summed E-state index contributed by atoms with van der Waals surface area (Å²) in [5.41, 5.74) is 10.3. The molecule has 0 aromatic rings. The maximum Gasteiger partial charge on any atom is 0.0487 e. The van der Waals surface area contributed by atoms with Crippen molar-refractivity contribution in [3.63, 3.8) is 0 Å². The van der Waals surface area contributed by atoms with Gasteiger partial charge < -0.3 is 4.90 Å². The molecule has 0 aromatic heterocycles. The van der Waals surface area contributed by atoms with Crippen LogP contribution in [0.5, 0.6) is 0 Å². The molecule has 0 saturated heterocycles. The smallest absolute Gasteiger partial charge is 0.0487 e. The molecule has 1 heterocycles. The minimum absolute atomic E-state index is 0.919. The van der Waals surface area contributed by atoms with Crippen LogP contribution in [-0.4, -0.2) is 11.4 Å². The quantitative estimate of drug-likeness (QED) is 0.614. The summed E-state index contributed by atoms with van der Waals surface area (Å²) in [4.78, 5) is 2.44. The first-order chi connectivity index (χ1) is 10.8. The van der Waals surface area contributed by atoms with Crippen molar-refractivity contribution in [3.8, 4) is 0 Å². The van der Waals surface area contributed by atoms with Crippen molar-refractivity contribution < 1.29 is 0 Å². The Labute approximate surface area is 134 Å². The second kappa shape index (κ2) is 6.85. The molecule has 0 aromatic carbocycles. The molecular formula is C21H25N. The van der Waals surface area contributed by atoms with Gasteiger partial charge in [-0.15, -0.1) is 5.73 Å². The summed E-state index contributed by atoms with van der Waals surface area (Å²) in [6.07, 6.45) is 20.0. The highest BCUT2D eigenvalue weighted by atomic mass is 15.1. The molecule has 0 amide bonds. The lowest BCUT2D eigenvalue weighted by Gasteiger charge is -2.34. The molecule has 0 atom stereocenters. The van der Waals surface area contributed by atoms with E-state index in [4.69, 9.17) is 0 Å². The second-order valence-electron chi connectivity index (χ2n) is 6.22. The fourth-order valence-electron chi connectivity index (χ4n) is 3.44. The van der Waals surface area contributed by atoms with Crippen LogP contribution in [0.25, 0.3) is 0 Å². The Bertz CT molecular complexity index is 645. The van der Waals surface area contributed by atoms with Gasteiger partial charge in [-0.05, 0) is 67.1 Å². The van der Waals surface area contributed by atoms with Crippen LogP contribution in [0.2, 0.25) is 0 Å². The number of allylic oxidation sites excluding steroid dienone is 7. The molecule has 0 radical (unpaired) electrons. The van der Waals surface area contributed by atoms with Gasteiger partial charge in [-0.25, -0.2) is 0 Å². The zero-order valence-electron chi connectivity index (χ0n) is 13.6. The summed E-state index contributed by atoms with van der Waals surface area (Å²) < 4.78 is 0. The third kappa shape index (κ3) is 3.10.